The zero-order valence-electron chi connectivity index (χ0n) is 11.8. The van der Waals surface area contributed by atoms with Gasteiger partial charge in [-0.25, -0.2) is 4.79 Å². The number of thiophene rings is 1. The lowest BCUT2D eigenvalue weighted by atomic mass is 9.88. The normalized spacial score (nSPS) is 22.8. The van der Waals surface area contributed by atoms with Gasteiger partial charge in [0, 0.05) is 17.8 Å². The second-order valence-electron chi connectivity index (χ2n) is 5.51. The van der Waals surface area contributed by atoms with Gasteiger partial charge >= 0.3 is 5.97 Å². The second-order valence-corrected chi connectivity index (χ2v) is 6.55. The average molecular weight is 295 g/mol. The van der Waals surface area contributed by atoms with Gasteiger partial charge in [-0.15, -0.1) is 11.3 Å². The summed E-state index contributed by atoms with van der Waals surface area (Å²) in [6.45, 7) is 2.24. The molecule has 1 N–H and O–H groups in total. The van der Waals surface area contributed by atoms with E-state index in [-0.39, 0.29) is 5.91 Å². The molecule has 1 atom stereocenters. The van der Waals surface area contributed by atoms with Crippen molar-refractivity contribution in [3.63, 3.8) is 0 Å². The van der Waals surface area contributed by atoms with Crippen LogP contribution >= 0.6 is 11.3 Å². The molecule has 20 heavy (non-hydrogen) atoms. The van der Waals surface area contributed by atoms with E-state index in [1.54, 1.807) is 23.2 Å². The number of amides is 1. The minimum Gasteiger partial charge on any atom is -0.480 e. The molecule has 0 saturated carbocycles. The maximum absolute atomic E-state index is 12.3. The number of aliphatic carboxylic acids is 1. The average Bonchev–Trinajstić information content (AvgIpc) is 2.92. The van der Waals surface area contributed by atoms with Crippen LogP contribution in [-0.4, -0.2) is 34.0 Å². The van der Waals surface area contributed by atoms with E-state index in [0.29, 0.717) is 19.4 Å². The van der Waals surface area contributed by atoms with Crippen molar-refractivity contribution in [1.29, 1.82) is 0 Å². The molecule has 0 aliphatic carbocycles. The van der Waals surface area contributed by atoms with Gasteiger partial charge in [-0.2, -0.15) is 0 Å². The summed E-state index contributed by atoms with van der Waals surface area (Å²) in [5.74, 6) is -0.907. The quantitative estimate of drug-likeness (QED) is 0.908. The van der Waals surface area contributed by atoms with Crippen molar-refractivity contribution in [1.82, 2.24) is 4.90 Å². The van der Waals surface area contributed by atoms with Crippen LogP contribution in [0.3, 0.4) is 0 Å². The topological polar surface area (TPSA) is 57.6 Å². The smallest absolute Gasteiger partial charge is 0.329 e. The summed E-state index contributed by atoms with van der Waals surface area (Å²) in [6, 6.07) is 4.07. The first-order chi connectivity index (χ1) is 9.54. The number of likely N-dealkylation sites (tertiary alicyclic amines) is 1. The number of nitrogens with zero attached hydrogens (tertiary/aromatic N) is 1. The van der Waals surface area contributed by atoms with Crippen molar-refractivity contribution in [3.8, 4) is 0 Å². The molecule has 1 fully saturated rings. The van der Waals surface area contributed by atoms with Crippen LogP contribution in [0.1, 0.15) is 43.9 Å². The molecular formula is C15H21NO3S. The molecule has 1 saturated heterocycles. The van der Waals surface area contributed by atoms with Gasteiger partial charge in [0.15, 0.2) is 0 Å². The number of carbonyl (C=O) groups is 2. The Hall–Kier alpha value is -1.36. The summed E-state index contributed by atoms with van der Waals surface area (Å²) in [5, 5.41) is 11.4. The highest BCUT2D eigenvalue weighted by Gasteiger charge is 2.43. The van der Waals surface area contributed by atoms with Crippen LogP contribution in [0, 0.1) is 0 Å². The number of carboxylic acid groups (broad SMARTS) is 1. The molecule has 1 amide bonds. The maximum atomic E-state index is 12.3. The lowest BCUT2D eigenvalue weighted by Gasteiger charge is -2.41. The largest absolute Gasteiger partial charge is 0.480 e. The van der Waals surface area contributed by atoms with Gasteiger partial charge in [0.25, 0.3) is 0 Å². The Labute approximate surface area is 123 Å². The first-order valence-electron chi connectivity index (χ1n) is 7.10. The Kier molecular flexibility index (Phi) is 4.81. The van der Waals surface area contributed by atoms with E-state index in [2.05, 4.69) is 6.07 Å². The first kappa shape index (κ1) is 15.0. The highest BCUT2D eigenvalue weighted by molar-refractivity contribution is 7.09. The van der Waals surface area contributed by atoms with Gasteiger partial charge in [0.2, 0.25) is 5.91 Å². The Morgan fingerprint density at radius 3 is 2.90 bits per heavy atom. The monoisotopic (exact) mass is 295 g/mol. The predicted molar refractivity (Wildman–Crippen MR) is 78.9 cm³/mol. The zero-order valence-corrected chi connectivity index (χ0v) is 12.6. The van der Waals surface area contributed by atoms with Crippen LogP contribution in [0.4, 0.5) is 0 Å². The lowest BCUT2D eigenvalue weighted by Crippen LogP contribution is -2.57. The molecule has 0 bridgehead atoms. The van der Waals surface area contributed by atoms with Crippen LogP contribution in [0.15, 0.2) is 17.5 Å². The van der Waals surface area contributed by atoms with Crippen molar-refractivity contribution >= 4 is 23.2 Å². The molecule has 0 aromatic carbocycles. The highest BCUT2D eigenvalue weighted by atomic mass is 32.1. The Bertz CT molecular complexity index is 471. The first-order valence-corrected chi connectivity index (χ1v) is 7.98. The number of aryl methyl sites for hydroxylation is 1. The fourth-order valence-corrected chi connectivity index (χ4v) is 3.50. The fraction of sp³-hybridized carbons (Fsp3) is 0.600. The summed E-state index contributed by atoms with van der Waals surface area (Å²) in [6.07, 6.45) is 4.44. The summed E-state index contributed by atoms with van der Waals surface area (Å²) < 4.78 is 0. The Balaban J connectivity index is 1.91. The van der Waals surface area contributed by atoms with Gasteiger partial charge in [0.1, 0.15) is 5.54 Å². The Morgan fingerprint density at radius 1 is 1.45 bits per heavy atom. The molecule has 0 radical (unpaired) electrons. The van der Waals surface area contributed by atoms with Crippen LogP contribution in [0.5, 0.6) is 0 Å². The molecule has 4 nitrogen and oxygen atoms in total. The zero-order chi connectivity index (χ0) is 14.6. The van der Waals surface area contributed by atoms with Gasteiger partial charge in [-0.1, -0.05) is 6.07 Å². The molecule has 1 aliphatic heterocycles. The van der Waals surface area contributed by atoms with Crippen LogP contribution < -0.4 is 0 Å². The molecule has 2 rings (SSSR count). The minimum absolute atomic E-state index is 0.0221. The van der Waals surface area contributed by atoms with Crippen LogP contribution in [0.25, 0.3) is 0 Å². The van der Waals surface area contributed by atoms with E-state index >= 15 is 0 Å². The second kappa shape index (κ2) is 6.39. The third-order valence-electron chi connectivity index (χ3n) is 4.05. The number of piperidine rings is 1. The number of carboxylic acids is 1. The van der Waals surface area contributed by atoms with Crippen molar-refractivity contribution in [2.24, 2.45) is 0 Å². The Morgan fingerprint density at radius 2 is 2.25 bits per heavy atom. The van der Waals surface area contributed by atoms with E-state index in [4.69, 9.17) is 0 Å². The minimum atomic E-state index is -1.02. The molecule has 110 valence electrons. The van der Waals surface area contributed by atoms with Crippen LogP contribution in [-0.2, 0) is 16.0 Å². The van der Waals surface area contributed by atoms with Crippen molar-refractivity contribution in [3.05, 3.63) is 22.4 Å². The van der Waals surface area contributed by atoms with Crippen molar-refractivity contribution in [2.45, 2.75) is 51.0 Å². The van der Waals surface area contributed by atoms with E-state index in [1.165, 1.54) is 4.88 Å². The summed E-state index contributed by atoms with van der Waals surface area (Å²) in [7, 11) is 0. The third-order valence-corrected chi connectivity index (χ3v) is 4.98. The summed E-state index contributed by atoms with van der Waals surface area (Å²) in [5.41, 5.74) is -1.02. The van der Waals surface area contributed by atoms with Gasteiger partial charge in [-0.05, 0) is 50.5 Å². The summed E-state index contributed by atoms with van der Waals surface area (Å²) in [4.78, 5) is 26.6. The van der Waals surface area contributed by atoms with E-state index in [0.717, 1.165) is 25.7 Å². The number of hydrogen-bond donors (Lipinski definition) is 1. The van der Waals surface area contributed by atoms with E-state index < -0.39 is 11.5 Å². The molecule has 5 heteroatoms. The fourth-order valence-electron chi connectivity index (χ4n) is 2.75. The van der Waals surface area contributed by atoms with E-state index in [9.17, 15) is 14.7 Å². The maximum Gasteiger partial charge on any atom is 0.329 e. The lowest BCUT2D eigenvalue weighted by molar-refractivity contribution is -0.161. The standard InChI is InChI=1S/C15H21NO3S/c1-15(14(18)19)9-2-3-10-16(15)13(17)8-4-6-12-7-5-11-20-12/h5,7,11H,2-4,6,8-10H2,1H3,(H,18,19). The predicted octanol–water partition coefficient (Wildman–Crippen LogP) is 2.93. The highest BCUT2D eigenvalue weighted by Crippen LogP contribution is 2.29. The number of rotatable bonds is 5. The van der Waals surface area contributed by atoms with Crippen molar-refractivity contribution < 1.29 is 14.7 Å². The van der Waals surface area contributed by atoms with Gasteiger partial charge in [-0.3, -0.25) is 4.79 Å². The van der Waals surface area contributed by atoms with Gasteiger partial charge < -0.3 is 10.0 Å². The molecular weight excluding hydrogens is 274 g/mol. The third kappa shape index (κ3) is 3.20. The number of carbonyl (C=O) groups excluding carboxylic acids is 1. The molecule has 0 spiro atoms. The SMILES string of the molecule is CC1(C(=O)O)CCCCN1C(=O)CCCc1cccs1. The van der Waals surface area contributed by atoms with Gasteiger partial charge in [0.05, 0.1) is 0 Å². The molecule has 1 aromatic rings. The molecule has 2 heterocycles. The van der Waals surface area contributed by atoms with Crippen LogP contribution in [0.2, 0.25) is 0 Å². The number of hydrogen-bond acceptors (Lipinski definition) is 3. The van der Waals surface area contributed by atoms with Crippen molar-refractivity contribution in [2.75, 3.05) is 6.54 Å². The summed E-state index contributed by atoms with van der Waals surface area (Å²) >= 11 is 1.70. The molecule has 1 aliphatic rings. The molecule has 1 unspecified atom stereocenters. The molecule has 1 aromatic heterocycles. The van der Waals surface area contributed by atoms with E-state index in [1.807, 2.05) is 11.4 Å².